The normalized spacial score (nSPS) is 11.0. The smallest absolute Gasteiger partial charge is 0.251 e. The number of fused-ring (bicyclic) bond motifs is 1. The maximum Gasteiger partial charge on any atom is 0.251 e. The van der Waals surface area contributed by atoms with Gasteiger partial charge in [-0.2, -0.15) is 0 Å². The molecule has 0 fully saturated rings. The molecule has 0 saturated heterocycles. The molecule has 106 valence electrons. The first-order valence-electron chi connectivity index (χ1n) is 6.86. The number of nitrogens with one attached hydrogen (secondary N) is 1. The Kier molecular flexibility index (Phi) is 3.39. The lowest BCUT2D eigenvalue weighted by Crippen LogP contribution is -2.30. The summed E-state index contributed by atoms with van der Waals surface area (Å²) in [6.45, 7) is 3.86. The number of nitrogens with zero attached hydrogens (tertiary/aromatic N) is 3. The number of hydrogen-bond acceptors (Lipinski definition) is 3. The molecule has 3 aromatic rings. The van der Waals surface area contributed by atoms with Crippen LogP contribution in [0.15, 0.2) is 48.7 Å². The van der Waals surface area contributed by atoms with Gasteiger partial charge in [-0.3, -0.25) is 9.20 Å². The Bertz CT molecular complexity index is 777. The summed E-state index contributed by atoms with van der Waals surface area (Å²) in [5, 5.41) is 11.2. The molecule has 5 nitrogen and oxygen atoms in total. The number of benzene rings is 1. The van der Waals surface area contributed by atoms with Crippen LogP contribution < -0.4 is 5.32 Å². The van der Waals surface area contributed by atoms with Crippen molar-refractivity contribution in [3.05, 3.63) is 54.2 Å². The van der Waals surface area contributed by atoms with Gasteiger partial charge in [0.15, 0.2) is 11.5 Å². The van der Waals surface area contributed by atoms with E-state index >= 15 is 0 Å². The van der Waals surface area contributed by atoms with E-state index in [1.54, 1.807) is 12.1 Å². The van der Waals surface area contributed by atoms with Crippen molar-refractivity contribution >= 4 is 11.6 Å². The van der Waals surface area contributed by atoms with Crippen LogP contribution in [-0.2, 0) is 0 Å². The zero-order chi connectivity index (χ0) is 14.8. The molecule has 1 N–H and O–H groups in total. The second-order valence-corrected chi connectivity index (χ2v) is 5.16. The van der Waals surface area contributed by atoms with Crippen LogP contribution in [0.5, 0.6) is 0 Å². The third kappa shape index (κ3) is 2.63. The van der Waals surface area contributed by atoms with E-state index in [1.165, 1.54) is 0 Å². The van der Waals surface area contributed by atoms with Crippen LogP contribution in [0.1, 0.15) is 24.2 Å². The number of rotatable bonds is 3. The summed E-state index contributed by atoms with van der Waals surface area (Å²) in [5.41, 5.74) is 2.23. The molecule has 1 amide bonds. The fourth-order valence-electron chi connectivity index (χ4n) is 2.16. The zero-order valence-electron chi connectivity index (χ0n) is 11.9. The van der Waals surface area contributed by atoms with Crippen molar-refractivity contribution < 1.29 is 4.79 Å². The van der Waals surface area contributed by atoms with Gasteiger partial charge in [0.1, 0.15) is 0 Å². The SMILES string of the molecule is CC(C)NC(=O)c1ccn2c(-c3ccccc3)nnc2c1. The van der Waals surface area contributed by atoms with Crippen molar-refractivity contribution in [2.45, 2.75) is 19.9 Å². The standard InChI is InChI=1S/C16H16N4O/c1-11(2)17-16(21)13-8-9-20-14(10-13)18-19-15(20)12-6-4-3-5-7-12/h3-11H,1-2H3,(H,17,21). The fraction of sp³-hybridized carbons (Fsp3) is 0.188. The van der Waals surface area contributed by atoms with Gasteiger partial charge >= 0.3 is 0 Å². The van der Waals surface area contributed by atoms with Gasteiger partial charge in [0.2, 0.25) is 0 Å². The van der Waals surface area contributed by atoms with Crippen molar-refractivity contribution in [1.29, 1.82) is 0 Å². The molecule has 0 spiro atoms. The van der Waals surface area contributed by atoms with Crippen molar-refractivity contribution in [3.63, 3.8) is 0 Å². The van der Waals surface area contributed by atoms with Crippen LogP contribution >= 0.6 is 0 Å². The molecule has 3 rings (SSSR count). The number of aromatic nitrogens is 3. The predicted molar refractivity (Wildman–Crippen MR) is 81.0 cm³/mol. The third-order valence-electron chi connectivity index (χ3n) is 3.12. The molecule has 0 aliphatic rings. The molecule has 0 radical (unpaired) electrons. The van der Waals surface area contributed by atoms with Crippen LogP contribution in [-0.4, -0.2) is 26.5 Å². The molecule has 2 aromatic heterocycles. The summed E-state index contributed by atoms with van der Waals surface area (Å²) in [5.74, 6) is 0.665. The van der Waals surface area contributed by atoms with Gasteiger partial charge in [-0.1, -0.05) is 30.3 Å². The Hall–Kier alpha value is -2.69. The molecule has 0 bridgehead atoms. The van der Waals surface area contributed by atoms with Crippen LogP contribution in [0.25, 0.3) is 17.0 Å². The van der Waals surface area contributed by atoms with E-state index in [9.17, 15) is 4.79 Å². The molecule has 0 unspecified atom stereocenters. The van der Waals surface area contributed by atoms with Gasteiger partial charge in [-0.25, -0.2) is 0 Å². The average molecular weight is 280 g/mol. The highest BCUT2D eigenvalue weighted by Gasteiger charge is 2.11. The topological polar surface area (TPSA) is 59.3 Å². The lowest BCUT2D eigenvalue weighted by atomic mass is 10.2. The number of carbonyl (C=O) groups excluding carboxylic acids is 1. The molecule has 5 heteroatoms. The highest BCUT2D eigenvalue weighted by atomic mass is 16.1. The highest BCUT2D eigenvalue weighted by Crippen LogP contribution is 2.18. The summed E-state index contributed by atoms with van der Waals surface area (Å²) >= 11 is 0. The minimum absolute atomic E-state index is 0.100. The Morgan fingerprint density at radius 2 is 1.90 bits per heavy atom. The largest absolute Gasteiger partial charge is 0.350 e. The van der Waals surface area contributed by atoms with E-state index < -0.39 is 0 Å². The second-order valence-electron chi connectivity index (χ2n) is 5.16. The number of pyridine rings is 1. The highest BCUT2D eigenvalue weighted by molar-refractivity contribution is 5.95. The monoisotopic (exact) mass is 280 g/mol. The van der Waals surface area contributed by atoms with Crippen LogP contribution in [0, 0.1) is 0 Å². The molecule has 21 heavy (non-hydrogen) atoms. The fourth-order valence-corrected chi connectivity index (χ4v) is 2.16. The van der Waals surface area contributed by atoms with Gasteiger partial charge in [0.05, 0.1) is 0 Å². The van der Waals surface area contributed by atoms with Crippen molar-refractivity contribution in [2.75, 3.05) is 0 Å². The lowest BCUT2D eigenvalue weighted by molar-refractivity contribution is 0.0943. The predicted octanol–water partition coefficient (Wildman–Crippen LogP) is 2.53. The van der Waals surface area contributed by atoms with E-state index in [0.717, 1.165) is 11.4 Å². The van der Waals surface area contributed by atoms with Gasteiger partial charge in [0.25, 0.3) is 5.91 Å². The molecule has 0 atom stereocenters. The molecular weight excluding hydrogens is 264 g/mol. The van der Waals surface area contributed by atoms with Gasteiger partial charge in [-0.05, 0) is 26.0 Å². The lowest BCUT2D eigenvalue weighted by Gasteiger charge is -2.08. The first-order chi connectivity index (χ1) is 10.1. The second kappa shape index (κ2) is 5.36. The first-order valence-corrected chi connectivity index (χ1v) is 6.86. The first kappa shape index (κ1) is 13.3. The minimum atomic E-state index is -0.100. The molecule has 1 aromatic carbocycles. The number of amides is 1. The Labute approximate surface area is 122 Å². The van der Waals surface area contributed by atoms with Crippen molar-refractivity contribution in [2.24, 2.45) is 0 Å². The molecular formula is C16H16N4O. The van der Waals surface area contributed by atoms with Crippen LogP contribution in [0.3, 0.4) is 0 Å². The average Bonchev–Trinajstić information content (AvgIpc) is 2.90. The third-order valence-corrected chi connectivity index (χ3v) is 3.12. The molecule has 0 aliphatic heterocycles. The van der Waals surface area contributed by atoms with Gasteiger partial charge in [-0.15, -0.1) is 10.2 Å². The summed E-state index contributed by atoms with van der Waals surface area (Å²) in [6.07, 6.45) is 1.83. The van der Waals surface area contributed by atoms with E-state index in [0.29, 0.717) is 11.2 Å². The van der Waals surface area contributed by atoms with Crippen molar-refractivity contribution in [3.8, 4) is 11.4 Å². The van der Waals surface area contributed by atoms with E-state index in [-0.39, 0.29) is 11.9 Å². The quantitative estimate of drug-likeness (QED) is 0.802. The summed E-state index contributed by atoms with van der Waals surface area (Å²) < 4.78 is 1.88. The van der Waals surface area contributed by atoms with E-state index in [2.05, 4.69) is 15.5 Å². The van der Waals surface area contributed by atoms with E-state index in [1.807, 2.05) is 54.8 Å². The van der Waals surface area contributed by atoms with Crippen LogP contribution in [0.2, 0.25) is 0 Å². The van der Waals surface area contributed by atoms with Gasteiger partial charge < -0.3 is 5.32 Å². The van der Waals surface area contributed by atoms with E-state index in [4.69, 9.17) is 0 Å². The number of hydrogen-bond donors (Lipinski definition) is 1. The zero-order valence-corrected chi connectivity index (χ0v) is 11.9. The maximum absolute atomic E-state index is 12.0. The summed E-state index contributed by atoms with van der Waals surface area (Å²) in [6, 6.07) is 13.5. The molecule has 0 saturated carbocycles. The Balaban J connectivity index is 2.00. The summed E-state index contributed by atoms with van der Waals surface area (Å²) in [7, 11) is 0. The van der Waals surface area contributed by atoms with Crippen LogP contribution in [0.4, 0.5) is 0 Å². The Morgan fingerprint density at radius 1 is 1.14 bits per heavy atom. The Morgan fingerprint density at radius 3 is 2.62 bits per heavy atom. The molecule has 0 aliphatic carbocycles. The maximum atomic E-state index is 12.0. The molecule has 2 heterocycles. The van der Waals surface area contributed by atoms with Crippen molar-refractivity contribution in [1.82, 2.24) is 19.9 Å². The minimum Gasteiger partial charge on any atom is -0.350 e. The number of carbonyl (C=O) groups is 1. The summed E-state index contributed by atoms with van der Waals surface area (Å²) in [4.78, 5) is 12.0. The van der Waals surface area contributed by atoms with Gasteiger partial charge in [0, 0.05) is 23.4 Å².